The average molecular weight is 664 g/mol. The number of hydrogen-bond donors (Lipinski definition) is 4. The molecule has 0 spiro atoms. The van der Waals surface area contributed by atoms with Crippen molar-refractivity contribution in [3.8, 4) is 5.75 Å². The van der Waals surface area contributed by atoms with Gasteiger partial charge in [-0.3, -0.25) is 37.9 Å². The molecule has 2 atom stereocenters. The van der Waals surface area contributed by atoms with Gasteiger partial charge in [-0.15, -0.1) is 0 Å². The number of phenolic OH excluding ortho intramolecular Hbond substituents is 1. The number of anilines is 2. The number of aromatic nitrogens is 2. The zero-order chi connectivity index (χ0) is 33.0. The number of phenols is 1. The van der Waals surface area contributed by atoms with Crippen LogP contribution in [0.3, 0.4) is 0 Å². The summed E-state index contributed by atoms with van der Waals surface area (Å²) in [4.78, 5) is 51.2. The van der Waals surface area contributed by atoms with E-state index in [2.05, 4.69) is 20.3 Å². The highest BCUT2D eigenvalue weighted by atomic mass is 32.2. The van der Waals surface area contributed by atoms with Crippen LogP contribution in [0.1, 0.15) is 43.2 Å². The second kappa shape index (κ2) is 12.1. The summed E-state index contributed by atoms with van der Waals surface area (Å²) in [6.07, 6.45) is 2.40. The summed E-state index contributed by atoms with van der Waals surface area (Å²) in [5.41, 5.74) is 2.82. The summed E-state index contributed by atoms with van der Waals surface area (Å²) < 4.78 is 33.7. The van der Waals surface area contributed by atoms with Gasteiger partial charge in [0.1, 0.15) is 24.0 Å². The van der Waals surface area contributed by atoms with Crippen molar-refractivity contribution in [3.63, 3.8) is 0 Å². The fraction of sp³-hybridized carbons (Fsp3) is 0.375. The number of halogens is 1. The minimum absolute atomic E-state index is 0.200. The van der Waals surface area contributed by atoms with Crippen LogP contribution >= 0.6 is 0 Å². The molecule has 0 aliphatic carbocycles. The van der Waals surface area contributed by atoms with Crippen LogP contribution in [0.2, 0.25) is 0 Å². The summed E-state index contributed by atoms with van der Waals surface area (Å²) in [6.45, 7) is 2.94. The van der Waals surface area contributed by atoms with E-state index in [1.54, 1.807) is 29.8 Å². The molecule has 3 amide bonds. The standard InChI is InChI=1S/C32H34FN7O6S/c1-37-25-15-19(2-5-23(25)40(32(37)45)24-6-7-27(42)35-31(24)44)18-8-11-38(12-9-18)13-10-34-21-3-4-22-20(14-21)16-26(41)30(29(22)33)39-17-28(43)36-47(39)46/h2-5,14-16,18,24,34,41H,6-13,17H2,1H3,(H,36,43)(H,35,42,44). The average Bonchev–Trinajstić information content (AvgIpc) is 3.50. The Balaban J connectivity index is 0.966. The number of imidazole rings is 1. The van der Waals surface area contributed by atoms with Gasteiger partial charge in [-0.1, -0.05) is 6.07 Å². The van der Waals surface area contributed by atoms with E-state index in [1.165, 1.54) is 10.6 Å². The van der Waals surface area contributed by atoms with Gasteiger partial charge in [0.25, 0.3) is 5.91 Å². The Hall–Kier alpha value is -4.76. The number of benzene rings is 3. The van der Waals surface area contributed by atoms with Gasteiger partial charge in [0, 0.05) is 37.6 Å². The molecule has 3 aliphatic rings. The molecule has 4 N–H and O–H groups in total. The van der Waals surface area contributed by atoms with Gasteiger partial charge in [0.05, 0.1) is 11.0 Å². The van der Waals surface area contributed by atoms with Crippen LogP contribution < -0.4 is 25.4 Å². The number of piperidine rings is 2. The van der Waals surface area contributed by atoms with Crippen molar-refractivity contribution >= 4 is 62.1 Å². The summed E-state index contributed by atoms with van der Waals surface area (Å²) in [6, 6.07) is 11.8. The number of nitrogens with zero attached hydrogens (tertiary/aromatic N) is 4. The van der Waals surface area contributed by atoms with E-state index in [9.17, 15) is 28.5 Å². The Morgan fingerprint density at radius 1 is 1.00 bits per heavy atom. The summed E-state index contributed by atoms with van der Waals surface area (Å²) in [5.74, 6) is -2.08. The predicted octanol–water partition coefficient (Wildman–Crippen LogP) is 2.12. The smallest absolute Gasteiger partial charge is 0.329 e. The molecule has 2 unspecified atom stereocenters. The van der Waals surface area contributed by atoms with E-state index >= 15 is 4.39 Å². The number of nitrogens with one attached hydrogen (secondary N) is 3. The highest BCUT2D eigenvalue weighted by Gasteiger charge is 2.33. The van der Waals surface area contributed by atoms with E-state index in [-0.39, 0.29) is 35.6 Å². The normalized spacial score (nSPS) is 21.1. The van der Waals surface area contributed by atoms with Gasteiger partial charge in [0.15, 0.2) is 5.82 Å². The first kappa shape index (κ1) is 30.9. The Morgan fingerprint density at radius 2 is 1.79 bits per heavy atom. The SMILES string of the molecule is Cn1c(=O)n(C2CCC(=O)NC2=O)c2ccc(C3CCN(CCNc4ccc5c(F)c(N6CC(=O)NS6=O)c(O)cc5c4)CC3)cc21. The number of likely N-dealkylation sites (tertiary alicyclic amines) is 1. The van der Waals surface area contributed by atoms with Crippen LogP contribution in [-0.4, -0.2) is 73.8 Å². The number of imide groups is 1. The minimum Gasteiger partial charge on any atom is -0.506 e. The second-order valence-corrected chi connectivity index (χ2v) is 13.4. The van der Waals surface area contributed by atoms with E-state index in [0.717, 1.165) is 53.5 Å². The minimum atomic E-state index is -1.96. The Labute approximate surface area is 271 Å². The topological polar surface area (TPSA) is 158 Å². The third-order valence-corrected chi connectivity index (χ3v) is 10.5. The molecule has 0 bridgehead atoms. The van der Waals surface area contributed by atoms with Crippen molar-refractivity contribution in [1.29, 1.82) is 0 Å². The summed E-state index contributed by atoms with van der Waals surface area (Å²) in [5, 5.41) is 17.0. The van der Waals surface area contributed by atoms with E-state index < -0.39 is 40.6 Å². The maximum atomic E-state index is 15.3. The van der Waals surface area contributed by atoms with Crippen molar-refractivity contribution in [2.45, 2.75) is 37.6 Å². The lowest BCUT2D eigenvalue weighted by molar-refractivity contribution is -0.135. The fourth-order valence-electron chi connectivity index (χ4n) is 6.93. The molecule has 47 heavy (non-hydrogen) atoms. The van der Waals surface area contributed by atoms with Crippen LogP contribution in [0.25, 0.3) is 21.8 Å². The van der Waals surface area contributed by atoms with Crippen molar-refractivity contribution < 1.29 is 28.1 Å². The number of hydrogen-bond acceptors (Lipinski definition) is 8. The predicted molar refractivity (Wildman–Crippen MR) is 175 cm³/mol. The van der Waals surface area contributed by atoms with Gasteiger partial charge in [0.2, 0.25) is 23.0 Å². The number of aryl methyl sites for hydroxylation is 1. The third-order valence-electron chi connectivity index (χ3n) is 9.42. The monoisotopic (exact) mass is 663 g/mol. The molecule has 3 saturated heterocycles. The fourth-order valence-corrected chi connectivity index (χ4v) is 7.88. The zero-order valence-electron chi connectivity index (χ0n) is 25.6. The number of amides is 3. The molecule has 0 radical (unpaired) electrons. The molecular formula is C32H34FN7O6S. The quantitative estimate of drug-likeness (QED) is 0.219. The Kier molecular flexibility index (Phi) is 7.96. The molecule has 1 aromatic heterocycles. The van der Waals surface area contributed by atoms with Crippen LogP contribution in [0.15, 0.2) is 47.3 Å². The molecular weight excluding hydrogens is 629 g/mol. The van der Waals surface area contributed by atoms with Gasteiger partial charge < -0.3 is 15.3 Å². The number of fused-ring (bicyclic) bond motifs is 2. The molecule has 246 valence electrons. The Bertz CT molecular complexity index is 2040. The lowest BCUT2D eigenvalue weighted by Gasteiger charge is -2.32. The maximum Gasteiger partial charge on any atom is 0.329 e. The largest absolute Gasteiger partial charge is 0.506 e. The van der Waals surface area contributed by atoms with Gasteiger partial charge in [-0.25, -0.2) is 13.4 Å². The highest BCUT2D eigenvalue weighted by Crippen LogP contribution is 2.38. The number of carbonyl (C=O) groups is 3. The second-order valence-electron chi connectivity index (χ2n) is 12.3. The molecule has 4 heterocycles. The van der Waals surface area contributed by atoms with Crippen LogP contribution in [0.5, 0.6) is 5.75 Å². The van der Waals surface area contributed by atoms with Crippen molar-refractivity contribution in [3.05, 3.63) is 64.3 Å². The van der Waals surface area contributed by atoms with Gasteiger partial charge >= 0.3 is 5.69 Å². The Morgan fingerprint density at radius 3 is 2.51 bits per heavy atom. The highest BCUT2D eigenvalue weighted by molar-refractivity contribution is 7.85. The number of rotatable bonds is 7. The zero-order valence-corrected chi connectivity index (χ0v) is 26.4. The molecule has 3 fully saturated rings. The summed E-state index contributed by atoms with van der Waals surface area (Å²) in [7, 11) is 1.71. The van der Waals surface area contributed by atoms with E-state index in [0.29, 0.717) is 29.8 Å². The number of carbonyl (C=O) groups excluding carboxylic acids is 3. The van der Waals surface area contributed by atoms with Crippen LogP contribution in [-0.2, 0) is 32.6 Å². The van der Waals surface area contributed by atoms with Crippen molar-refractivity contribution in [2.75, 3.05) is 42.3 Å². The first-order valence-corrected chi connectivity index (χ1v) is 16.6. The third kappa shape index (κ3) is 5.63. The first-order valence-electron chi connectivity index (χ1n) is 15.5. The molecule has 0 saturated carbocycles. The summed E-state index contributed by atoms with van der Waals surface area (Å²) >= 11 is -1.96. The van der Waals surface area contributed by atoms with Gasteiger partial charge in [-0.2, -0.15) is 0 Å². The van der Waals surface area contributed by atoms with Crippen LogP contribution in [0, 0.1) is 5.82 Å². The van der Waals surface area contributed by atoms with E-state index in [4.69, 9.17) is 0 Å². The van der Waals surface area contributed by atoms with Crippen LogP contribution in [0.4, 0.5) is 15.8 Å². The number of aromatic hydroxyl groups is 1. The first-order chi connectivity index (χ1) is 22.6. The molecule has 3 aromatic carbocycles. The van der Waals surface area contributed by atoms with Crippen molar-refractivity contribution in [1.82, 2.24) is 24.1 Å². The maximum absolute atomic E-state index is 15.3. The molecule has 13 nitrogen and oxygen atoms in total. The molecule has 4 aromatic rings. The van der Waals surface area contributed by atoms with Gasteiger partial charge in [-0.05, 0) is 85.6 Å². The molecule has 3 aliphatic heterocycles. The molecule has 15 heteroatoms. The van der Waals surface area contributed by atoms with Crippen molar-refractivity contribution in [2.24, 2.45) is 7.05 Å². The lowest BCUT2D eigenvalue weighted by atomic mass is 9.89. The molecule has 7 rings (SSSR count). The van der Waals surface area contributed by atoms with E-state index in [1.807, 2.05) is 18.2 Å². The lowest BCUT2D eigenvalue weighted by Crippen LogP contribution is -2.44.